The molecule has 0 unspecified atom stereocenters. The van der Waals surface area contributed by atoms with Crippen LogP contribution in [0.25, 0.3) is 0 Å². The van der Waals surface area contributed by atoms with Gasteiger partial charge in [-0.25, -0.2) is 0 Å². The van der Waals surface area contributed by atoms with E-state index in [1.807, 2.05) is 13.8 Å². The SMILES string of the molecule is C=C(C(C)=C(C)C)N1CCNCC1.CC. The normalized spacial score (nSPS) is 15.1. The van der Waals surface area contributed by atoms with Gasteiger partial charge in [-0.2, -0.15) is 0 Å². The van der Waals surface area contributed by atoms with Crippen molar-refractivity contribution in [2.75, 3.05) is 26.2 Å². The molecule has 1 saturated heterocycles. The van der Waals surface area contributed by atoms with Crippen LogP contribution >= 0.6 is 0 Å². The minimum atomic E-state index is 1.08. The van der Waals surface area contributed by atoms with Crippen LogP contribution in [0.3, 0.4) is 0 Å². The Bertz CT molecular complexity index is 219. The maximum absolute atomic E-state index is 4.14. The molecule has 2 nitrogen and oxygen atoms in total. The van der Waals surface area contributed by atoms with E-state index in [0.717, 1.165) is 26.2 Å². The fourth-order valence-electron chi connectivity index (χ4n) is 1.46. The van der Waals surface area contributed by atoms with E-state index >= 15 is 0 Å². The van der Waals surface area contributed by atoms with Gasteiger partial charge in [0.25, 0.3) is 0 Å². The molecule has 0 aromatic rings. The van der Waals surface area contributed by atoms with E-state index < -0.39 is 0 Å². The Kier molecular flexibility index (Phi) is 7.14. The average molecular weight is 210 g/mol. The molecule has 1 aliphatic heterocycles. The van der Waals surface area contributed by atoms with Gasteiger partial charge in [0.05, 0.1) is 0 Å². The predicted molar refractivity (Wildman–Crippen MR) is 69.0 cm³/mol. The van der Waals surface area contributed by atoms with Gasteiger partial charge in [0, 0.05) is 31.9 Å². The molecule has 1 aliphatic rings. The molecule has 1 heterocycles. The lowest BCUT2D eigenvalue weighted by Gasteiger charge is -2.31. The van der Waals surface area contributed by atoms with E-state index in [-0.39, 0.29) is 0 Å². The number of allylic oxidation sites excluding steroid dienone is 2. The zero-order valence-electron chi connectivity index (χ0n) is 11.0. The first kappa shape index (κ1) is 14.2. The van der Waals surface area contributed by atoms with Crippen molar-refractivity contribution in [1.29, 1.82) is 0 Å². The molecule has 0 aliphatic carbocycles. The van der Waals surface area contributed by atoms with Crippen molar-refractivity contribution in [3.05, 3.63) is 23.4 Å². The van der Waals surface area contributed by atoms with Gasteiger partial charge in [-0.05, 0) is 26.3 Å². The number of hydrogen-bond acceptors (Lipinski definition) is 2. The Morgan fingerprint density at radius 1 is 1.07 bits per heavy atom. The van der Waals surface area contributed by atoms with Crippen LogP contribution in [-0.2, 0) is 0 Å². The second-order valence-electron chi connectivity index (χ2n) is 3.81. The summed E-state index contributed by atoms with van der Waals surface area (Å²) in [5, 5.41) is 3.34. The highest BCUT2D eigenvalue weighted by atomic mass is 15.2. The Morgan fingerprint density at radius 2 is 1.53 bits per heavy atom. The lowest BCUT2D eigenvalue weighted by Crippen LogP contribution is -2.42. The largest absolute Gasteiger partial charge is 0.369 e. The summed E-state index contributed by atoms with van der Waals surface area (Å²) in [5.74, 6) is 0. The van der Waals surface area contributed by atoms with Crippen LogP contribution in [-0.4, -0.2) is 31.1 Å². The van der Waals surface area contributed by atoms with E-state index in [0.29, 0.717) is 0 Å². The van der Waals surface area contributed by atoms with Crippen molar-refractivity contribution >= 4 is 0 Å². The van der Waals surface area contributed by atoms with Crippen LogP contribution in [0.2, 0.25) is 0 Å². The summed E-state index contributed by atoms with van der Waals surface area (Å²) in [6.07, 6.45) is 0. The summed E-state index contributed by atoms with van der Waals surface area (Å²) in [5.41, 5.74) is 3.90. The Balaban J connectivity index is 0.000000921. The van der Waals surface area contributed by atoms with Crippen LogP contribution in [0.15, 0.2) is 23.4 Å². The van der Waals surface area contributed by atoms with Crippen LogP contribution in [0.4, 0.5) is 0 Å². The highest BCUT2D eigenvalue weighted by Gasteiger charge is 2.12. The van der Waals surface area contributed by atoms with Crippen molar-refractivity contribution in [2.45, 2.75) is 34.6 Å². The monoisotopic (exact) mass is 210 g/mol. The number of piperazine rings is 1. The predicted octanol–water partition coefficient (Wildman–Crippen LogP) is 2.79. The zero-order chi connectivity index (χ0) is 11.8. The summed E-state index contributed by atoms with van der Waals surface area (Å²) < 4.78 is 0. The van der Waals surface area contributed by atoms with Gasteiger partial charge in [0.2, 0.25) is 0 Å². The molecule has 1 rings (SSSR count). The molecule has 88 valence electrons. The number of nitrogens with one attached hydrogen (secondary N) is 1. The van der Waals surface area contributed by atoms with Crippen molar-refractivity contribution < 1.29 is 0 Å². The summed E-state index contributed by atoms with van der Waals surface area (Å²) in [7, 11) is 0. The number of nitrogens with zero attached hydrogens (tertiary/aromatic N) is 1. The van der Waals surface area contributed by atoms with Crippen LogP contribution in [0, 0.1) is 0 Å². The number of hydrogen-bond donors (Lipinski definition) is 1. The first-order chi connectivity index (χ1) is 7.13. The van der Waals surface area contributed by atoms with Gasteiger partial charge in [0.15, 0.2) is 0 Å². The average Bonchev–Trinajstić information content (AvgIpc) is 2.31. The van der Waals surface area contributed by atoms with Gasteiger partial charge in [-0.1, -0.05) is 26.0 Å². The van der Waals surface area contributed by atoms with Gasteiger partial charge >= 0.3 is 0 Å². The highest BCUT2D eigenvalue weighted by molar-refractivity contribution is 5.29. The fraction of sp³-hybridized carbons (Fsp3) is 0.692. The van der Waals surface area contributed by atoms with Crippen LogP contribution in [0.1, 0.15) is 34.6 Å². The molecule has 0 atom stereocenters. The standard InChI is InChI=1S/C11H20N2.C2H6/c1-9(2)10(3)11(4)13-7-5-12-6-8-13;1-2/h12H,4-8H2,1-3H3;1-2H3. The van der Waals surface area contributed by atoms with Crippen LogP contribution in [0.5, 0.6) is 0 Å². The topological polar surface area (TPSA) is 15.3 Å². The Morgan fingerprint density at radius 3 is 1.93 bits per heavy atom. The lowest BCUT2D eigenvalue weighted by molar-refractivity contribution is 0.305. The first-order valence-corrected chi connectivity index (χ1v) is 5.92. The smallest absolute Gasteiger partial charge is 0.0323 e. The van der Waals surface area contributed by atoms with E-state index in [2.05, 4.69) is 37.6 Å². The van der Waals surface area contributed by atoms with Gasteiger partial charge in [-0.3, -0.25) is 0 Å². The maximum atomic E-state index is 4.14. The summed E-state index contributed by atoms with van der Waals surface area (Å²) in [6, 6.07) is 0. The van der Waals surface area contributed by atoms with Gasteiger partial charge in [-0.15, -0.1) is 0 Å². The molecule has 0 bridgehead atoms. The van der Waals surface area contributed by atoms with Crippen LogP contribution < -0.4 is 5.32 Å². The Labute approximate surface area is 95.0 Å². The molecular weight excluding hydrogens is 184 g/mol. The molecule has 0 radical (unpaired) electrons. The zero-order valence-corrected chi connectivity index (χ0v) is 11.0. The molecule has 2 heteroatoms. The van der Waals surface area contributed by atoms with E-state index in [4.69, 9.17) is 0 Å². The highest BCUT2D eigenvalue weighted by Crippen LogP contribution is 2.16. The quantitative estimate of drug-likeness (QED) is 0.705. The van der Waals surface area contributed by atoms with E-state index in [1.54, 1.807) is 0 Å². The van der Waals surface area contributed by atoms with E-state index in [1.165, 1.54) is 16.8 Å². The van der Waals surface area contributed by atoms with Crippen molar-refractivity contribution in [3.63, 3.8) is 0 Å². The molecular formula is C13H26N2. The molecule has 0 spiro atoms. The van der Waals surface area contributed by atoms with Crippen molar-refractivity contribution in [1.82, 2.24) is 10.2 Å². The molecule has 0 aromatic carbocycles. The summed E-state index contributed by atoms with van der Waals surface area (Å²) in [4.78, 5) is 2.36. The maximum Gasteiger partial charge on any atom is 0.0323 e. The first-order valence-electron chi connectivity index (χ1n) is 5.92. The molecule has 0 amide bonds. The molecule has 15 heavy (non-hydrogen) atoms. The van der Waals surface area contributed by atoms with Gasteiger partial charge < -0.3 is 10.2 Å². The third-order valence-corrected chi connectivity index (χ3v) is 2.68. The van der Waals surface area contributed by atoms with Crippen molar-refractivity contribution in [3.8, 4) is 0 Å². The fourth-order valence-corrected chi connectivity index (χ4v) is 1.46. The van der Waals surface area contributed by atoms with Gasteiger partial charge in [0.1, 0.15) is 0 Å². The second-order valence-corrected chi connectivity index (χ2v) is 3.81. The molecule has 0 aromatic heterocycles. The van der Waals surface area contributed by atoms with E-state index in [9.17, 15) is 0 Å². The summed E-state index contributed by atoms with van der Waals surface area (Å²) in [6.45, 7) is 18.9. The second kappa shape index (κ2) is 7.52. The lowest BCUT2D eigenvalue weighted by atomic mass is 10.1. The molecule has 1 N–H and O–H groups in total. The number of rotatable bonds is 2. The molecule has 1 fully saturated rings. The minimum absolute atomic E-state index is 1.08. The summed E-state index contributed by atoms with van der Waals surface area (Å²) >= 11 is 0. The minimum Gasteiger partial charge on any atom is -0.369 e. The third kappa shape index (κ3) is 4.52. The third-order valence-electron chi connectivity index (χ3n) is 2.68. The van der Waals surface area contributed by atoms with Crippen molar-refractivity contribution in [2.24, 2.45) is 0 Å². The Hall–Kier alpha value is -0.760. The molecule has 0 saturated carbocycles.